The van der Waals surface area contributed by atoms with Gasteiger partial charge in [-0.1, -0.05) is 12.1 Å². The van der Waals surface area contributed by atoms with E-state index in [9.17, 15) is 14.3 Å². The van der Waals surface area contributed by atoms with E-state index in [0.717, 1.165) is 11.1 Å². The van der Waals surface area contributed by atoms with Crippen LogP contribution in [0.1, 0.15) is 34.1 Å². The number of hydrogen-bond acceptors (Lipinski definition) is 2. The zero-order chi connectivity index (χ0) is 15.0. The lowest BCUT2D eigenvalue weighted by atomic mass is 10.0. The zero-order valence-electron chi connectivity index (χ0n) is 11.7. The topological polar surface area (TPSA) is 56.3 Å². The Labute approximate surface area is 122 Å². The Morgan fingerprint density at radius 3 is 2.67 bits per heavy atom. The molecule has 0 radical (unpaired) electrons. The summed E-state index contributed by atoms with van der Waals surface area (Å²) in [5.74, 6) is -0.446. The highest BCUT2D eigenvalue weighted by atomic mass is 19.1. The Balaban J connectivity index is 1.91. The molecular formula is C16H17FN2O2. The zero-order valence-corrected chi connectivity index (χ0v) is 11.7. The molecule has 2 heterocycles. The number of aliphatic hydroxyl groups is 1. The summed E-state index contributed by atoms with van der Waals surface area (Å²) in [5.41, 5.74) is 2.25. The van der Waals surface area contributed by atoms with Crippen molar-refractivity contribution in [3.8, 4) is 0 Å². The van der Waals surface area contributed by atoms with Crippen molar-refractivity contribution in [2.75, 3.05) is 6.54 Å². The fourth-order valence-corrected chi connectivity index (χ4v) is 2.86. The van der Waals surface area contributed by atoms with E-state index in [1.54, 1.807) is 23.2 Å². The molecule has 0 aliphatic carbocycles. The van der Waals surface area contributed by atoms with Crippen LogP contribution in [0.3, 0.4) is 0 Å². The lowest BCUT2D eigenvalue weighted by Crippen LogP contribution is -2.32. The smallest absolute Gasteiger partial charge is 0.271 e. The molecule has 0 unspecified atom stereocenters. The van der Waals surface area contributed by atoms with Crippen LogP contribution in [0.2, 0.25) is 0 Å². The molecule has 2 atom stereocenters. The van der Waals surface area contributed by atoms with Crippen molar-refractivity contribution in [1.29, 1.82) is 0 Å². The summed E-state index contributed by atoms with van der Waals surface area (Å²) in [4.78, 5) is 17.2. The molecule has 0 saturated carbocycles. The highest BCUT2D eigenvalue weighted by molar-refractivity contribution is 5.94. The van der Waals surface area contributed by atoms with E-state index in [-0.39, 0.29) is 17.8 Å². The van der Waals surface area contributed by atoms with E-state index in [4.69, 9.17) is 0 Å². The molecule has 3 rings (SSSR count). The van der Waals surface area contributed by atoms with Gasteiger partial charge < -0.3 is 15.0 Å². The Kier molecular flexibility index (Phi) is 3.51. The molecule has 0 spiro atoms. The number of carbonyl (C=O) groups excluding carboxylic acids is 1. The van der Waals surface area contributed by atoms with Crippen LogP contribution in [0.15, 0.2) is 36.5 Å². The van der Waals surface area contributed by atoms with Crippen LogP contribution in [0.5, 0.6) is 0 Å². The summed E-state index contributed by atoms with van der Waals surface area (Å²) < 4.78 is 13.0. The third kappa shape index (κ3) is 2.56. The van der Waals surface area contributed by atoms with Gasteiger partial charge in [0.15, 0.2) is 0 Å². The first-order chi connectivity index (χ1) is 10.1. The van der Waals surface area contributed by atoms with Crippen LogP contribution in [0.4, 0.5) is 4.39 Å². The summed E-state index contributed by atoms with van der Waals surface area (Å²) in [6.45, 7) is 2.16. The number of amides is 1. The van der Waals surface area contributed by atoms with Crippen LogP contribution < -0.4 is 0 Å². The fourth-order valence-electron chi connectivity index (χ4n) is 2.86. The maximum Gasteiger partial charge on any atom is 0.271 e. The average Bonchev–Trinajstić information content (AvgIpc) is 3.05. The second-order valence-corrected chi connectivity index (χ2v) is 5.45. The Morgan fingerprint density at radius 1 is 1.33 bits per heavy atom. The summed E-state index contributed by atoms with van der Waals surface area (Å²) in [5, 5.41) is 9.92. The van der Waals surface area contributed by atoms with Crippen molar-refractivity contribution in [3.05, 3.63) is 59.2 Å². The van der Waals surface area contributed by atoms with Gasteiger partial charge in [0, 0.05) is 12.7 Å². The number of nitrogens with one attached hydrogen (secondary N) is 1. The number of H-pyrrole nitrogens is 1. The van der Waals surface area contributed by atoms with Crippen molar-refractivity contribution in [3.63, 3.8) is 0 Å². The number of benzene rings is 1. The van der Waals surface area contributed by atoms with Gasteiger partial charge in [-0.05, 0) is 42.7 Å². The van der Waals surface area contributed by atoms with Crippen LogP contribution in [0.25, 0.3) is 0 Å². The molecule has 1 amide bonds. The summed E-state index contributed by atoms with van der Waals surface area (Å²) in [6, 6.07) is 7.70. The minimum Gasteiger partial charge on any atom is -0.391 e. The molecule has 4 nitrogen and oxygen atoms in total. The SMILES string of the molecule is Cc1cc[nH]c1C(=O)N1C[C@@H](O)C[C@H]1c1ccc(F)cc1. The molecule has 1 fully saturated rings. The molecule has 2 N–H and O–H groups in total. The Morgan fingerprint density at radius 2 is 2.05 bits per heavy atom. The van der Waals surface area contributed by atoms with Gasteiger partial charge in [-0.2, -0.15) is 0 Å². The summed E-state index contributed by atoms with van der Waals surface area (Å²) in [7, 11) is 0. The first-order valence-electron chi connectivity index (χ1n) is 6.94. The van der Waals surface area contributed by atoms with Gasteiger partial charge in [-0.15, -0.1) is 0 Å². The summed E-state index contributed by atoms with van der Waals surface area (Å²) >= 11 is 0. The number of nitrogens with zero attached hydrogens (tertiary/aromatic N) is 1. The van der Waals surface area contributed by atoms with E-state index in [0.29, 0.717) is 18.7 Å². The van der Waals surface area contributed by atoms with Gasteiger partial charge in [0.2, 0.25) is 0 Å². The molecule has 1 aliphatic heterocycles. The van der Waals surface area contributed by atoms with E-state index < -0.39 is 6.10 Å². The molecular weight excluding hydrogens is 271 g/mol. The van der Waals surface area contributed by atoms with Crippen molar-refractivity contribution >= 4 is 5.91 Å². The van der Waals surface area contributed by atoms with E-state index in [1.165, 1.54) is 12.1 Å². The predicted octanol–water partition coefficient (Wildman–Crippen LogP) is 2.41. The lowest BCUT2D eigenvalue weighted by Gasteiger charge is -2.24. The molecule has 21 heavy (non-hydrogen) atoms. The number of halogens is 1. The number of aromatic nitrogens is 1. The van der Waals surface area contributed by atoms with Gasteiger partial charge in [0.05, 0.1) is 12.1 Å². The van der Waals surface area contributed by atoms with E-state index in [2.05, 4.69) is 4.98 Å². The highest BCUT2D eigenvalue weighted by Gasteiger charge is 2.36. The number of rotatable bonds is 2. The Bertz CT molecular complexity index is 651. The average molecular weight is 288 g/mol. The van der Waals surface area contributed by atoms with Gasteiger partial charge in [-0.3, -0.25) is 4.79 Å². The van der Waals surface area contributed by atoms with Gasteiger partial charge in [0.1, 0.15) is 11.5 Å². The van der Waals surface area contributed by atoms with Crippen molar-refractivity contribution in [2.24, 2.45) is 0 Å². The van der Waals surface area contributed by atoms with Gasteiger partial charge >= 0.3 is 0 Å². The van der Waals surface area contributed by atoms with Crippen molar-refractivity contribution in [2.45, 2.75) is 25.5 Å². The molecule has 2 aromatic rings. The third-order valence-corrected chi connectivity index (χ3v) is 3.96. The van der Waals surface area contributed by atoms with Crippen molar-refractivity contribution in [1.82, 2.24) is 9.88 Å². The van der Waals surface area contributed by atoms with Crippen LogP contribution in [-0.2, 0) is 0 Å². The second-order valence-electron chi connectivity index (χ2n) is 5.45. The highest BCUT2D eigenvalue weighted by Crippen LogP contribution is 2.33. The maximum atomic E-state index is 13.0. The first kappa shape index (κ1) is 13.8. The first-order valence-corrected chi connectivity index (χ1v) is 6.94. The van der Waals surface area contributed by atoms with Crippen LogP contribution in [0, 0.1) is 12.7 Å². The fraction of sp³-hybridized carbons (Fsp3) is 0.312. The maximum absolute atomic E-state index is 13.0. The monoisotopic (exact) mass is 288 g/mol. The van der Waals surface area contributed by atoms with E-state index >= 15 is 0 Å². The normalized spacial score (nSPS) is 21.8. The lowest BCUT2D eigenvalue weighted by molar-refractivity contribution is 0.0710. The summed E-state index contributed by atoms with van der Waals surface area (Å²) in [6.07, 6.45) is 1.64. The molecule has 110 valence electrons. The molecule has 0 bridgehead atoms. The molecule has 5 heteroatoms. The number of likely N-dealkylation sites (tertiary alicyclic amines) is 1. The van der Waals surface area contributed by atoms with Crippen molar-refractivity contribution < 1.29 is 14.3 Å². The second kappa shape index (κ2) is 5.33. The number of carbonyl (C=O) groups is 1. The Hall–Kier alpha value is -2.14. The van der Waals surface area contributed by atoms with Gasteiger partial charge in [-0.25, -0.2) is 4.39 Å². The quantitative estimate of drug-likeness (QED) is 0.891. The van der Waals surface area contributed by atoms with Crippen LogP contribution in [-0.4, -0.2) is 33.5 Å². The molecule has 1 aromatic carbocycles. The third-order valence-electron chi connectivity index (χ3n) is 3.96. The number of hydrogen-bond donors (Lipinski definition) is 2. The molecule has 1 aromatic heterocycles. The number of aryl methyl sites for hydroxylation is 1. The molecule has 1 aliphatic rings. The predicted molar refractivity (Wildman–Crippen MR) is 76.3 cm³/mol. The number of β-amino-alcohol motifs (C(OH)–C–C–N with tert-alkyl or cyclic N) is 1. The van der Waals surface area contributed by atoms with Crippen LogP contribution >= 0.6 is 0 Å². The minimum absolute atomic E-state index is 0.136. The number of aromatic amines is 1. The van der Waals surface area contributed by atoms with Gasteiger partial charge in [0.25, 0.3) is 5.91 Å². The van der Waals surface area contributed by atoms with E-state index in [1.807, 2.05) is 13.0 Å². The molecule has 1 saturated heterocycles. The minimum atomic E-state index is -0.556. The standard InChI is InChI=1S/C16H17FN2O2/c1-10-6-7-18-15(10)16(21)19-9-13(20)8-14(19)11-2-4-12(17)5-3-11/h2-7,13-14,18,20H,8-9H2,1H3/t13-,14-/m0/s1. The largest absolute Gasteiger partial charge is 0.391 e. The number of aliphatic hydroxyl groups excluding tert-OH is 1.